The highest BCUT2D eigenvalue weighted by atomic mass is 16.3. The summed E-state index contributed by atoms with van der Waals surface area (Å²) in [7, 11) is 0. The molecule has 0 aliphatic heterocycles. The van der Waals surface area contributed by atoms with Gasteiger partial charge in [-0.3, -0.25) is 5.10 Å². The summed E-state index contributed by atoms with van der Waals surface area (Å²) in [6.45, 7) is 2.36. The number of aliphatic hydroxyl groups excluding tert-OH is 1. The molecule has 4 rings (SSSR count). The van der Waals surface area contributed by atoms with Crippen LogP contribution in [-0.4, -0.2) is 31.3 Å². The van der Waals surface area contributed by atoms with Crippen LogP contribution in [-0.2, 0) is 12.8 Å². The van der Waals surface area contributed by atoms with Gasteiger partial charge in [-0.1, -0.05) is 6.92 Å². The normalized spacial score (nSPS) is 21.6. The highest BCUT2D eigenvalue weighted by Crippen LogP contribution is 2.37. The molecule has 0 saturated carbocycles. The number of hydrogen-bond donors (Lipinski definition) is 2. The molecule has 1 aliphatic rings. The Morgan fingerprint density at radius 2 is 2.33 bits per heavy atom. The molecule has 0 spiro atoms. The molecule has 1 unspecified atom stereocenters. The van der Waals surface area contributed by atoms with Crippen molar-refractivity contribution in [2.75, 3.05) is 6.61 Å². The van der Waals surface area contributed by atoms with Crippen molar-refractivity contribution in [3.63, 3.8) is 0 Å². The Kier molecular flexibility index (Phi) is 2.65. The van der Waals surface area contributed by atoms with Crippen LogP contribution in [0.25, 0.3) is 16.9 Å². The van der Waals surface area contributed by atoms with Crippen LogP contribution in [0.1, 0.15) is 24.6 Å². The van der Waals surface area contributed by atoms with Gasteiger partial charge < -0.3 is 9.51 Å². The molecule has 3 aromatic rings. The minimum Gasteiger partial charge on any atom is -0.396 e. The van der Waals surface area contributed by atoms with Crippen LogP contribution in [0, 0.1) is 5.41 Å². The third-order valence-electron chi connectivity index (χ3n) is 4.58. The van der Waals surface area contributed by atoms with E-state index in [1.807, 2.05) is 16.7 Å². The van der Waals surface area contributed by atoms with Gasteiger partial charge in [-0.15, -0.1) is 0 Å². The molecule has 1 aliphatic carbocycles. The summed E-state index contributed by atoms with van der Waals surface area (Å²) < 4.78 is 2.01. The Balaban J connectivity index is 1.77. The number of nitrogens with zero attached hydrogens (tertiary/aromatic N) is 3. The van der Waals surface area contributed by atoms with E-state index in [0.29, 0.717) is 0 Å². The van der Waals surface area contributed by atoms with Crippen LogP contribution in [0.5, 0.6) is 0 Å². The molecule has 0 radical (unpaired) electrons. The van der Waals surface area contributed by atoms with Crippen molar-refractivity contribution in [3.8, 4) is 11.3 Å². The Hall–Kier alpha value is -2.14. The molecule has 0 bridgehead atoms. The van der Waals surface area contributed by atoms with E-state index in [1.54, 1.807) is 6.20 Å². The smallest absolute Gasteiger partial charge is 0.136 e. The average Bonchev–Trinajstić information content (AvgIpc) is 3.12. The lowest BCUT2D eigenvalue weighted by Gasteiger charge is -2.31. The summed E-state index contributed by atoms with van der Waals surface area (Å²) in [5, 5.41) is 17.2. The molecule has 0 fully saturated rings. The summed E-state index contributed by atoms with van der Waals surface area (Å²) in [4.78, 5) is 4.27. The molecule has 5 nitrogen and oxygen atoms in total. The van der Waals surface area contributed by atoms with E-state index in [1.165, 1.54) is 11.3 Å². The number of imidazole rings is 1. The molecule has 3 heterocycles. The van der Waals surface area contributed by atoms with Crippen LogP contribution in [0.3, 0.4) is 0 Å². The topological polar surface area (TPSA) is 66.2 Å². The van der Waals surface area contributed by atoms with Gasteiger partial charge >= 0.3 is 0 Å². The van der Waals surface area contributed by atoms with Crippen LogP contribution in [0.15, 0.2) is 30.7 Å². The SMILES string of the molecule is CC1(CO)CCc2c(-c3ccc4nccn4c3)n[nH]c2C1. The van der Waals surface area contributed by atoms with E-state index in [9.17, 15) is 5.11 Å². The lowest BCUT2D eigenvalue weighted by atomic mass is 9.75. The molecule has 2 N–H and O–H groups in total. The van der Waals surface area contributed by atoms with Crippen LogP contribution >= 0.6 is 0 Å². The van der Waals surface area contributed by atoms with E-state index in [2.05, 4.69) is 34.4 Å². The van der Waals surface area contributed by atoms with Crippen molar-refractivity contribution >= 4 is 5.65 Å². The number of nitrogens with one attached hydrogen (secondary N) is 1. The minimum absolute atomic E-state index is 0.0227. The summed E-state index contributed by atoms with van der Waals surface area (Å²) in [5.74, 6) is 0. The zero-order valence-electron chi connectivity index (χ0n) is 12.0. The zero-order chi connectivity index (χ0) is 14.4. The Bertz CT molecular complexity index is 804. The predicted molar refractivity (Wildman–Crippen MR) is 80.0 cm³/mol. The van der Waals surface area contributed by atoms with Gasteiger partial charge in [0.2, 0.25) is 0 Å². The molecule has 21 heavy (non-hydrogen) atoms. The van der Waals surface area contributed by atoms with Crippen molar-refractivity contribution in [2.24, 2.45) is 5.41 Å². The van der Waals surface area contributed by atoms with E-state index in [-0.39, 0.29) is 12.0 Å². The number of aromatic nitrogens is 4. The van der Waals surface area contributed by atoms with Crippen LogP contribution in [0.2, 0.25) is 0 Å². The van der Waals surface area contributed by atoms with Crippen molar-refractivity contribution in [1.82, 2.24) is 19.6 Å². The monoisotopic (exact) mass is 282 g/mol. The highest BCUT2D eigenvalue weighted by molar-refractivity contribution is 5.65. The average molecular weight is 282 g/mol. The zero-order valence-corrected chi connectivity index (χ0v) is 12.0. The fraction of sp³-hybridized carbons (Fsp3) is 0.375. The first-order valence-electron chi connectivity index (χ1n) is 7.29. The Labute approximate surface area is 122 Å². The number of fused-ring (bicyclic) bond motifs is 2. The maximum absolute atomic E-state index is 9.55. The Morgan fingerprint density at radius 3 is 3.19 bits per heavy atom. The molecular formula is C16H18N4O. The quantitative estimate of drug-likeness (QED) is 0.757. The molecule has 1 atom stereocenters. The van der Waals surface area contributed by atoms with Crippen molar-refractivity contribution in [2.45, 2.75) is 26.2 Å². The molecule has 5 heteroatoms. The molecule has 3 aromatic heterocycles. The number of rotatable bonds is 2. The van der Waals surface area contributed by atoms with Gasteiger partial charge in [0.15, 0.2) is 0 Å². The second-order valence-corrected chi connectivity index (χ2v) is 6.29. The van der Waals surface area contributed by atoms with Crippen molar-refractivity contribution in [1.29, 1.82) is 0 Å². The fourth-order valence-corrected chi connectivity index (χ4v) is 3.19. The number of aromatic amines is 1. The summed E-state index contributed by atoms with van der Waals surface area (Å²) >= 11 is 0. The van der Waals surface area contributed by atoms with Gasteiger partial charge in [-0.05, 0) is 36.8 Å². The number of H-pyrrole nitrogens is 1. The first kappa shape index (κ1) is 12.6. The lowest BCUT2D eigenvalue weighted by Crippen LogP contribution is -2.29. The molecule has 0 amide bonds. The summed E-state index contributed by atoms with van der Waals surface area (Å²) in [6, 6.07) is 4.08. The summed E-state index contributed by atoms with van der Waals surface area (Å²) in [5.41, 5.74) is 5.51. The molecule has 108 valence electrons. The van der Waals surface area contributed by atoms with Crippen molar-refractivity contribution in [3.05, 3.63) is 42.0 Å². The van der Waals surface area contributed by atoms with Gasteiger partial charge in [-0.25, -0.2) is 4.98 Å². The summed E-state index contributed by atoms with van der Waals surface area (Å²) in [6.07, 6.45) is 8.63. The van der Waals surface area contributed by atoms with E-state index < -0.39 is 0 Å². The Morgan fingerprint density at radius 1 is 1.43 bits per heavy atom. The third kappa shape index (κ3) is 1.96. The van der Waals surface area contributed by atoms with E-state index in [4.69, 9.17) is 0 Å². The fourth-order valence-electron chi connectivity index (χ4n) is 3.19. The predicted octanol–water partition coefficient (Wildman–Crippen LogP) is 2.21. The highest BCUT2D eigenvalue weighted by Gasteiger charge is 2.32. The second kappa shape index (κ2) is 4.43. The van der Waals surface area contributed by atoms with Crippen LogP contribution in [0.4, 0.5) is 0 Å². The van der Waals surface area contributed by atoms with Gasteiger partial charge in [0, 0.05) is 42.0 Å². The standard InChI is InChI=1S/C16H18N4O/c1-16(10-21)5-4-12-13(8-16)18-19-15(12)11-2-3-14-17-6-7-20(14)9-11/h2-3,6-7,9,21H,4-5,8,10H2,1H3,(H,18,19). The maximum atomic E-state index is 9.55. The largest absolute Gasteiger partial charge is 0.396 e. The van der Waals surface area contributed by atoms with Crippen LogP contribution < -0.4 is 0 Å². The van der Waals surface area contributed by atoms with Gasteiger partial charge in [0.1, 0.15) is 5.65 Å². The van der Waals surface area contributed by atoms with Gasteiger partial charge in [0.25, 0.3) is 0 Å². The minimum atomic E-state index is -0.0227. The van der Waals surface area contributed by atoms with Gasteiger partial charge in [0.05, 0.1) is 5.69 Å². The molecule has 0 aromatic carbocycles. The maximum Gasteiger partial charge on any atom is 0.136 e. The lowest BCUT2D eigenvalue weighted by molar-refractivity contribution is 0.126. The van der Waals surface area contributed by atoms with Crippen molar-refractivity contribution < 1.29 is 5.11 Å². The second-order valence-electron chi connectivity index (χ2n) is 6.29. The first-order valence-corrected chi connectivity index (χ1v) is 7.29. The van der Waals surface area contributed by atoms with E-state index >= 15 is 0 Å². The molecular weight excluding hydrogens is 264 g/mol. The van der Waals surface area contributed by atoms with Gasteiger partial charge in [-0.2, -0.15) is 5.10 Å². The van der Waals surface area contributed by atoms with E-state index in [0.717, 1.165) is 36.2 Å². The number of aliphatic hydroxyl groups is 1. The molecule has 0 saturated heterocycles. The number of hydrogen-bond acceptors (Lipinski definition) is 3. The first-order chi connectivity index (χ1) is 10.2. The third-order valence-corrected chi connectivity index (χ3v) is 4.58. The number of pyridine rings is 1.